The van der Waals surface area contributed by atoms with Gasteiger partial charge in [0.1, 0.15) is 0 Å². The number of carbonyl (C=O) groups excluding carboxylic acids is 1. The standard InChI is InChI=1S/C15H22N2O/c1-11(2)12-3-5-13(6-4-12)15(18)17-14-7-9-16-10-8-14/h3-6,11,14,16H,7-10H2,1-2H3,(H,17,18). The number of hydrogen-bond donors (Lipinski definition) is 2. The lowest BCUT2D eigenvalue weighted by atomic mass is 10.0. The highest BCUT2D eigenvalue weighted by Crippen LogP contribution is 2.15. The van der Waals surface area contributed by atoms with E-state index in [1.165, 1.54) is 5.56 Å². The maximum atomic E-state index is 12.1. The first-order valence-corrected chi connectivity index (χ1v) is 6.78. The van der Waals surface area contributed by atoms with Crippen molar-refractivity contribution in [3.8, 4) is 0 Å². The Morgan fingerprint density at radius 3 is 2.39 bits per heavy atom. The van der Waals surface area contributed by atoms with E-state index in [2.05, 4.69) is 24.5 Å². The molecule has 2 rings (SSSR count). The second kappa shape index (κ2) is 6.01. The lowest BCUT2D eigenvalue weighted by Crippen LogP contribution is -2.42. The van der Waals surface area contributed by atoms with Crippen molar-refractivity contribution in [2.24, 2.45) is 0 Å². The van der Waals surface area contributed by atoms with Gasteiger partial charge in [0.25, 0.3) is 5.91 Å². The van der Waals surface area contributed by atoms with Crippen molar-refractivity contribution >= 4 is 5.91 Å². The van der Waals surface area contributed by atoms with Crippen LogP contribution in [-0.4, -0.2) is 25.0 Å². The van der Waals surface area contributed by atoms with Crippen LogP contribution in [0.25, 0.3) is 0 Å². The van der Waals surface area contributed by atoms with E-state index in [1.54, 1.807) is 0 Å². The zero-order valence-electron chi connectivity index (χ0n) is 11.2. The fraction of sp³-hybridized carbons (Fsp3) is 0.533. The van der Waals surface area contributed by atoms with E-state index in [4.69, 9.17) is 0 Å². The van der Waals surface area contributed by atoms with Gasteiger partial charge in [0.05, 0.1) is 0 Å². The summed E-state index contributed by atoms with van der Waals surface area (Å²) < 4.78 is 0. The van der Waals surface area contributed by atoms with E-state index in [-0.39, 0.29) is 5.91 Å². The zero-order chi connectivity index (χ0) is 13.0. The van der Waals surface area contributed by atoms with E-state index < -0.39 is 0 Å². The molecular formula is C15H22N2O. The molecule has 0 aromatic heterocycles. The van der Waals surface area contributed by atoms with Crippen LogP contribution in [0.2, 0.25) is 0 Å². The summed E-state index contributed by atoms with van der Waals surface area (Å²) in [6, 6.07) is 8.25. The first-order chi connectivity index (χ1) is 8.66. The van der Waals surface area contributed by atoms with Gasteiger partial charge in [-0.3, -0.25) is 4.79 Å². The Balaban J connectivity index is 1.95. The van der Waals surface area contributed by atoms with Crippen LogP contribution in [0.3, 0.4) is 0 Å². The SMILES string of the molecule is CC(C)c1ccc(C(=O)NC2CCNCC2)cc1. The summed E-state index contributed by atoms with van der Waals surface area (Å²) in [4.78, 5) is 12.1. The third-order valence-electron chi connectivity index (χ3n) is 3.51. The predicted octanol–water partition coefficient (Wildman–Crippen LogP) is 2.29. The maximum Gasteiger partial charge on any atom is 0.251 e. The average molecular weight is 246 g/mol. The van der Waals surface area contributed by atoms with Crippen molar-refractivity contribution in [1.82, 2.24) is 10.6 Å². The van der Waals surface area contributed by atoms with Gasteiger partial charge in [-0.25, -0.2) is 0 Å². The minimum absolute atomic E-state index is 0.0530. The number of nitrogens with one attached hydrogen (secondary N) is 2. The van der Waals surface area contributed by atoms with Crippen LogP contribution < -0.4 is 10.6 Å². The van der Waals surface area contributed by atoms with Crippen LogP contribution in [0.5, 0.6) is 0 Å². The van der Waals surface area contributed by atoms with Crippen LogP contribution in [0, 0.1) is 0 Å². The summed E-state index contributed by atoms with van der Waals surface area (Å²) in [5, 5.41) is 6.40. The molecule has 1 amide bonds. The number of benzene rings is 1. The van der Waals surface area contributed by atoms with E-state index in [9.17, 15) is 4.79 Å². The fourth-order valence-electron chi connectivity index (χ4n) is 2.25. The molecule has 1 aromatic carbocycles. The van der Waals surface area contributed by atoms with Gasteiger partial charge < -0.3 is 10.6 Å². The van der Waals surface area contributed by atoms with E-state index in [0.29, 0.717) is 12.0 Å². The predicted molar refractivity (Wildman–Crippen MR) is 73.9 cm³/mol. The molecule has 18 heavy (non-hydrogen) atoms. The van der Waals surface area contributed by atoms with Gasteiger partial charge in [0, 0.05) is 11.6 Å². The highest BCUT2D eigenvalue weighted by molar-refractivity contribution is 5.94. The molecule has 3 nitrogen and oxygen atoms in total. The Labute approximate surface area is 109 Å². The smallest absolute Gasteiger partial charge is 0.251 e. The number of amides is 1. The van der Waals surface area contributed by atoms with E-state index in [0.717, 1.165) is 31.5 Å². The molecule has 0 unspecified atom stereocenters. The number of rotatable bonds is 3. The van der Waals surface area contributed by atoms with Crippen LogP contribution in [0.1, 0.15) is 48.5 Å². The highest BCUT2D eigenvalue weighted by Gasteiger charge is 2.16. The first-order valence-electron chi connectivity index (χ1n) is 6.78. The molecule has 1 aromatic rings. The number of carbonyl (C=O) groups is 1. The van der Waals surface area contributed by atoms with E-state index >= 15 is 0 Å². The summed E-state index contributed by atoms with van der Waals surface area (Å²) >= 11 is 0. The van der Waals surface area contributed by atoms with Crippen molar-refractivity contribution in [3.05, 3.63) is 35.4 Å². The van der Waals surface area contributed by atoms with Gasteiger partial charge in [0.15, 0.2) is 0 Å². The Hall–Kier alpha value is -1.35. The minimum Gasteiger partial charge on any atom is -0.349 e. The lowest BCUT2D eigenvalue weighted by Gasteiger charge is -2.23. The molecule has 0 bridgehead atoms. The normalized spacial score (nSPS) is 16.8. The van der Waals surface area contributed by atoms with Crippen molar-refractivity contribution < 1.29 is 4.79 Å². The average Bonchev–Trinajstić information content (AvgIpc) is 2.40. The topological polar surface area (TPSA) is 41.1 Å². The molecular weight excluding hydrogens is 224 g/mol. The second-order valence-electron chi connectivity index (χ2n) is 5.27. The molecule has 0 spiro atoms. The quantitative estimate of drug-likeness (QED) is 0.859. The van der Waals surface area contributed by atoms with Crippen LogP contribution in [0.15, 0.2) is 24.3 Å². The summed E-state index contributed by atoms with van der Waals surface area (Å²) in [5.74, 6) is 0.559. The molecule has 0 saturated carbocycles. The third kappa shape index (κ3) is 3.33. The van der Waals surface area contributed by atoms with Crippen LogP contribution in [-0.2, 0) is 0 Å². The van der Waals surface area contributed by atoms with Gasteiger partial charge in [-0.1, -0.05) is 26.0 Å². The molecule has 1 aliphatic heterocycles. The second-order valence-corrected chi connectivity index (χ2v) is 5.27. The molecule has 2 N–H and O–H groups in total. The van der Waals surface area contributed by atoms with Gasteiger partial charge in [-0.2, -0.15) is 0 Å². The van der Waals surface area contributed by atoms with Gasteiger partial charge in [0.2, 0.25) is 0 Å². The van der Waals surface area contributed by atoms with Crippen LogP contribution >= 0.6 is 0 Å². The summed E-state index contributed by atoms with van der Waals surface area (Å²) in [7, 11) is 0. The Morgan fingerprint density at radius 2 is 1.83 bits per heavy atom. The molecule has 1 aliphatic rings. The maximum absolute atomic E-state index is 12.1. The monoisotopic (exact) mass is 246 g/mol. The Bertz CT molecular complexity index is 391. The molecule has 0 atom stereocenters. The zero-order valence-corrected chi connectivity index (χ0v) is 11.2. The van der Waals surface area contributed by atoms with Gasteiger partial charge in [-0.05, 0) is 49.5 Å². The van der Waals surface area contributed by atoms with E-state index in [1.807, 2.05) is 24.3 Å². The third-order valence-corrected chi connectivity index (χ3v) is 3.51. The molecule has 1 heterocycles. The molecule has 0 radical (unpaired) electrons. The van der Waals surface area contributed by atoms with Crippen molar-refractivity contribution in [3.63, 3.8) is 0 Å². The molecule has 98 valence electrons. The van der Waals surface area contributed by atoms with Crippen molar-refractivity contribution in [1.29, 1.82) is 0 Å². The van der Waals surface area contributed by atoms with Crippen molar-refractivity contribution in [2.45, 2.75) is 38.6 Å². The molecule has 0 aliphatic carbocycles. The number of hydrogen-bond acceptors (Lipinski definition) is 2. The molecule has 3 heteroatoms. The Kier molecular flexibility index (Phi) is 4.37. The van der Waals surface area contributed by atoms with Crippen molar-refractivity contribution in [2.75, 3.05) is 13.1 Å². The molecule has 1 saturated heterocycles. The Morgan fingerprint density at radius 1 is 1.22 bits per heavy atom. The summed E-state index contributed by atoms with van der Waals surface area (Å²) in [5.41, 5.74) is 2.03. The number of piperidine rings is 1. The lowest BCUT2D eigenvalue weighted by molar-refractivity contribution is 0.0929. The van der Waals surface area contributed by atoms with Gasteiger partial charge >= 0.3 is 0 Å². The summed E-state index contributed by atoms with van der Waals surface area (Å²) in [6.45, 7) is 6.31. The fourth-order valence-corrected chi connectivity index (χ4v) is 2.25. The first kappa shape index (κ1) is 13.1. The minimum atomic E-state index is 0.0530. The summed E-state index contributed by atoms with van der Waals surface area (Å²) in [6.07, 6.45) is 2.05. The van der Waals surface area contributed by atoms with Crippen LogP contribution in [0.4, 0.5) is 0 Å². The molecule has 1 fully saturated rings. The highest BCUT2D eigenvalue weighted by atomic mass is 16.1. The largest absolute Gasteiger partial charge is 0.349 e. The van der Waals surface area contributed by atoms with Gasteiger partial charge in [-0.15, -0.1) is 0 Å².